The fourth-order valence-electron chi connectivity index (χ4n) is 4.04. The first-order valence-electron chi connectivity index (χ1n) is 10.8. The van der Waals surface area contributed by atoms with Crippen molar-refractivity contribution in [2.24, 2.45) is 17.8 Å². The number of carbonyl (C=O) groups is 5. The van der Waals surface area contributed by atoms with Crippen LogP contribution in [0, 0.1) is 17.8 Å². The van der Waals surface area contributed by atoms with E-state index in [1.54, 1.807) is 20.8 Å². The highest BCUT2D eigenvalue weighted by atomic mass is 16.6. The highest BCUT2D eigenvalue weighted by Gasteiger charge is 2.55. The summed E-state index contributed by atoms with van der Waals surface area (Å²) in [5, 5.41) is 2.71. The van der Waals surface area contributed by atoms with Crippen LogP contribution in [0.4, 0.5) is 4.79 Å². The third-order valence-electron chi connectivity index (χ3n) is 6.00. The zero-order valence-corrected chi connectivity index (χ0v) is 19.3. The minimum Gasteiger partial charge on any atom is -0.467 e. The van der Waals surface area contributed by atoms with Crippen molar-refractivity contribution < 1.29 is 38.2 Å². The number of ether oxygens (including phenoxy) is 3. The molecule has 0 spiro atoms. The summed E-state index contributed by atoms with van der Waals surface area (Å²) in [6.45, 7) is 10.5. The predicted octanol–water partition coefficient (Wildman–Crippen LogP) is 2.59. The van der Waals surface area contributed by atoms with E-state index in [2.05, 4.69) is 10.1 Å². The summed E-state index contributed by atoms with van der Waals surface area (Å²) in [6.07, 6.45) is 0.268. The maximum atomic E-state index is 12.9. The van der Waals surface area contributed by atoms with Crippen LogP contribution in [0.25, 0.3) is 0 Å². The number of cyclic esters (lactones) is 1. The van der Waals surface area contributed by atoms with E-state index in [4.69, 9.17) is 9.47 Å². The zero-order valence-electron chi connectivity index (χ0n) is 19.3. The Morgan fingerprint density at radius 2 is 1.87 bits per heavy atom. The number of rotatable bonds is 14. The Labute approximate surface area is 183 Å². The molecular weight excluding hydrogens is 406 g/mol. The van der Waals surface area contributed by atoms with E-state index in [1.807, 2.05) is 13.8 Å². The average molecular weight is 442 g/mol. The number of amides is 1. The first-order chi connectivity index (χ1) is 14.5. The molecule has 0 radical (unpaired) electrons. The average Bonchev–Trinajstić information content (AvgIpc) is 3.05. The molecule has 0 bridgehead atoms. The summed E-state index contributed by atoms with van der Waals surface area (Å²) in [5.74, 6) is -2.98. The van der Waals surface area contributed by atoms with Crippen LogP contribution in [-0.4, -0.2) is 54.5 Å². The number of ketones is 2. The SMILES string of the molecule is CCC[C@@H](C)C(=O)C(C)C1NC(=O)O[C@]1(C)[C@@H](CC)OC(=O)C(C)C(=O)CCOC=O. The number of hydrogen-bond donors (Lipinski definition) is 1. The number of hydrogen-bond acceptors (Lipinski definition) is 8. The van der Waals surface area contributed by atoms with Crippen molar-refractivity contribution in [1.82, 2.24) is 5.32 Å². The number of nitrogens with one attached hydrogen (secondary N) is 1. The summed E-state index contributed by atoms with van der Waals surface area (Å²) in [5.41, 5.74) is -1.27. The Balaban J connectivity index is 2.98. The maximum Gasteiger partial charge on any atom is 0.408 e. The maximum absolute atomic E-state index is 12.9. The molecule has 1 amide bonds. The number of esters is 1. The highest BCUT2D eigenvalue weighted by molar-refractivity contribution is 5.98. The van der Waals surface area contributed by atoms with Gasteiger partial charge in [0, 0.05) is 18.3 Å². The second kappa shape index (κ2) is 11.8. The van der Waals surface area contributed by atoms with Crippen LogP contribution in [0.15, 0.2) is 0 Å². The molecule has 3 unspecified atom stereocenters. The van der Waals surface area contributed by atoms with E-state index in [1.165, 1.54) is 6.92 Å². The highest BCUT2D eigenvalue weighted by Crippen LogP contribution is 2.35. The topological polar surface area (TPSA) is 125 Å². The normalized spacial score (nSPS) is 24.2. The van der Waals surface area contributed by atoms with Crippen LogP contribution in [-0.2, 0) is 33.4 Å². The summed E-state index contributed by atoms with van der Waals surface area (Å²) in [7, 11) is 0. The second-order valence-corrected chi connectivity index (χ2v) is 8.31. The van der Waals surface area contributed by atoms with E-state index < -0.39 is 47.4 Å². The third-order valence-corrected chi connectivity index (χ3v) is 6.00. The van der Waals surface area contributed by atoms with Crippen molar-refractivity contribution in [3.8, 4) is 0 Å². The standard InChI is InChI=1S/C22H35NO8/c1-7-9-13(3)18(26)15(5)19-22(6,31-21(28)23-19)17(8-2)30-20(27)14(4)16(25)10-11-29-12-24/h12-15,17,19H,7-11H2,1-6H3,(H,23,28)/t13-,14?,15?,17-,19?,22-/m1/s1. The lowest BCUT2D eigenvalue weighted by Crippen LogP contribution is -2.56. The molecule has 9 nitrogen and oxygen atoms in total. The van der Waals surface area contributed by atoms with E-state index >= 15 is 0 Å². The molecular formula is C22H35NO8. The molecule has 1 aliphatic rings. The van der Waals surface area contributed by atoms with Crippen LogP contribution >= 0.6 is 0 Å². The molecule has 1 aliphatic heterocycles. The lowest BCUT2D eigenvalue weighted by Gasteiger charge is -2.38. The Hall–Kier alpha value is -2.45. The van der Waals surface area contributed by atoms with E-state index in [-0.39, 0.29) is 31.2 Å². The van der Waals surface area contributed by atoms with Crippen LogP contribution in [0.3, 0.4) is 0 Å². The van der Waals surface area contributed by atoms with Crippen LogP contribution < -0.4 is 5.32 Å². The molecule has 0 aromatic rings. The van der Waals surface area contributed by atoms with Crippen molar-refractivity contribution in [3.63, 3.8) is 0 Å². The molecule has 1 fully saturated rings. The van der Waals surface area contributed by atoms with Gasteiger partial charge >= 0.3 is 12.1 Å². The lowest BCUT2D eigenvalue weighted by molar-refractivity contribution is -0.169. The summed E-state index contributed by atoms with van der Waals surface area (Å²) < 4.78 is 15.6. The smallest absolute Gasteiger partial charge is 0.408 e. The number of carbonyl (C=O) groups excluding carboxylic acids is 5. The van der Waals surface area contributed by atoms with Gasteiger partial charge in [0.25, 0.3) is 6.47 Å². The van der Waals surface area contributed by atoms with Crippen LogP contribution in [0.2, 0.25) is 0 Å². The number of alkyl carbamates (subject to hydrolysis) is 1. The van der Waals surface area contributed by atoms with Gasteiger partial charge in [-0.1, -0.05) is 34.1 Å². The predicted molar refractivity (Wildman–Crippen MR) is 111 cm³/mol. The molecule has 31 heavy (non-hydrogen) atoms. The molecule has 1 N–H and O–H groups in total. The molecule has 176 valence electrons. The summed E-state index contributed by atoms with van der Waals surface area (Å²) in [4.78, 5) is 59.9. The van der Waals surface area contributed by atoms with E-state index in [0.29, 0.717) is 6.42 Å². The molecule has 0 saturated carbocycles. The van der Waals surface area contributed by atoms with Crippen molar-refractivity contribution in [2.75, 3.05) is 6.61 Å². The van der Waals surface area contributed by atoms with Gasteiger partial charge in [-0.2, -0.15) is 0 Å². The summed E-state index contributed by atoms with van der Waals surface area (Å²) in [6, 6.07) is -0.684. The Morgan fingerprint density at radius 1 is 1.23 bits per heavy atom. The van der Waals surface area contributed by atoms with Gasteiger partial charge in [-0.3, -0.25) is 19.2 Å². The molecule has 0 aromatic carbocycles. The minimum absolute atomic E-state index is 0.00350. The van der Waals surface area contributed by atoms with Crippen molar-refractivity contribution in [1.29, 1.82) is 0 Å². The lowest BCUT2D eigenvalue weighted by atomic mass is 9.77. The van der Waals surface area contributed by atoms with Gasteiger partial charge in [-0.05, 0) is 26.7 Å². The van der Waals surface area contributed by atoms with E-state index in [9.17, 15) is 24.0 Å². The van der Waals surface area contributed by atoms with Crippen molar-refractivity contribution in [2.45, 2.75) is 85.0 Å². The van der Waals surface area contributed by atoms with Gasteiger partial charge in [0.05, 0.1) is 12.6 Å². The molecule has 0 aliphatic carbocycles. The van der Waals surface area contributed by atoms with Gasteiger partial charge in [-0.15, -0.1) is 0 Å². The van der Waals surface area contributed by atoms with Gasteiger partial charge < -0.3 is 19.5 Å². The van der Waals surface area contributed by atoms with Crippen LogP contribution in [0.5, 0.6) is 0 Å². The molecule has 0 aromatic heterocycles. The first-order valence-corrected chi connectivity index (χ1v) is 10.8. The Morgan fingerprint density at radius 3 is 2.42 bits per heavy atom. The monoisotopic (exact) mass is 441 g/mol. The minimum atomic E-state index is -1.27. The van der Waals surface area contributed by atoms with Gasteiger partial charge in [0.1, 0.15) is 23.6 Å². The molecule has 6 atom stereocenters. The third kappa shape index (κ3) is 6.51. The molecule has 9 heteroatoms. The first kappa shape index (κ1) is 26.6. The van der Waals surface area contributed by atoms with Crippen LogP contribution in [0.1, 0.15) is 67.2 Å². The fraction of sp³-hybridized carbons (Fsp3) is 0.773. The zero-order chi connectivity index (χ0) is 23.8. The van der Waals surface area contributed by atoms with Crippen molar-refractivity contribution in [3.05, 3.63) is 0 Å². The quantitative estimate of drug-likeness (QED) is 0.143. The molecule has 1 heterocycles. The fourth-order valence-corrected chi connectivity index (χ4v) is 4.04. The largest absolute Gasteiger partial charge is 0.467 e. The van der Waals surface area contributed by atoms with Gasteiger partial charge in [0.15, 0.2) is 5.60 Å². The molecule has 1 rings (SSSR count). The van der Waals surface area contributed by atoms with Gasteiger partial charge in [0.2, 0.25) is 0 Å². The Bertz CT molecular complexity index is 678. The molecule has 1 saturated heterocycles. The number of Topliss-reactive ketones (excluding diaryl/α,β-unsaturated/α-hetero) is 2. The second-order valence-electron chi connectivity index (χ2n) is 8.31. The van der Waals surface area contributed by atoms with Crippen molar-refractivity contribution >= 4 is 30.1 Å². The Kier molecular flexibility index (Phi) is 10.1. The summed E-state index contributed by atoms with van der Waals surface area (Å²) >= 11 is 0. The van der Waals surface area contributed by atoms with E-state index in [0.717, 1.165) is 12.8 Å². The van der Waals surface area contributed by atoms with Gasteiger partial charge in [-0.25, -0.2) is 4.79 Å².